The van der Waals surface area contributed by atoms with E-state index in [2.05, 4.69) is 10.2 Å². The molecule has 0 bridgehead atoms. The first kappa shape index (κ1) is 12.0. The summed E-state index contributed by atoms with van der Waals surface area (Å²) in [4.78, 5) is 28.3. The number of amides is 2. The minimum Gasteiger partial charge on any atom is -0.345 e. The molecule has 0 spiro atoms. The van der Waals surface area contributed by atoms with Crippen molar-refractivity contribution in [2.45, 2.75) is 50.7 Å². The zero-order valence-electron chi connectivity index (χ0n) is 10.9. The zero-order chi connectivity index (χ0) is 12.7. The lowest BCUT2D eigenvalue weighted by Crippen LogP contribution is -2.61. The molecule has 0 aromatic rings. The summed E-state index contributed by atoms with van der Waals surface area (Å²) < 4.78 is 0. The molecule has 100 valence electrons. The van der Waals surface area contributed by atoms with Crippen LogP contribution < -0.4 is 5.32 Å². The van der Waals surface area contributed by atoms with Crippen molar-refractivity contribution in [3.05, 3.63) is 0 Å². The Kier molecular flexibility index (Phi) is 3.01. The molecule has 18 heavy (non-hydrogen) atoms. The number of hydrogen-bond donors (Lipinski definition) is 1. The van der Waals surface area contributed by atoms with Crippen molar-refractivity contribution in [3.63, 3.8) is 0 Å². The van der Waals surface area contributed by atoms with Crippen LogP contribution in [0.2, 0.25) is 0 Å². The van der Waals surface area contributed by atoms with Gasteiger partial charge in [0.2, 0.25) is 11.8 Å². The molecular formula is C13H21N3O2. The van der Waals surface area contributed by atoms with Gasteiger partial charge in [0.05, 0.1) is 6.54 Å². The van der Waals surface area contributed by atoms with Crippen LogP contribution in [0.25, 0.3) is 0 Å². The van der Waals surface area contributed by atoms with Crippen LogP contribution in [-0.4, -0.2) is 59.4 Å². The third-order valence-corrected chi connectivity index (χ3v) is 4.38. The van der Waals surface area contributed by atoms with E-state index in [1.54, 1.807) is 0 Å². The Morgan fingerprint density at radius 1 is 1.22 bits per heavy atom. The van der Waals surface area contributed by atoms with Crippen LogP contribution in [0.3, 0.4) is 0 Å². The Hall–Kier alpha value is -1.10. The minimum atomic E-state index is -0.254. The number of nitrogens with one attached hydrogen (secondary N) is 1. The summed E-state index contributed by atoms with van der Waals surface area (Å²) >= 11 is 0. The second-order valence-electron chi connectivity index (χ2n) is 5.61. The van der Waals surface area contributed by atoms with Crippen molar-refractivity contribution >= 4 is 11.8 Å². The highest BCUT2D eigenvalue weighted by Gasteiger charge is 2.42. The average Bonchev–Trinajstić information content (AvgIpc) is 3.11. The van der Waals surface area contributed by atoms with Crippen molar-refractivity contribution in [1.82, 2.24) is 15.1 Å². The van der Waals surface area contributed by atoms with Gasteiger partial charge in [0.25, 0.3) is 0 Å². The molecule has 5 nitrogen and oxygen atoms in total. The van der Waals surface area contributed by atoms with Crippen LogP contribution in [0, 0.1) is 0 Å². The van der Waals surface area contributed by atoms with E-state index >= 15 is 0 Å². The maximum atomic E-state index is 12.1. The van der Waals surface area contributed by atoms with Crippen molar-refractivity contribution in [2.24, 2.45) is 0 Å². The summed E-state index contributed by atoms with van der Waals surface area (Å²) in [6.45, 7) is 4.19. The standard InChI is InChI=1S/C13H21N3O2/c1-2-11-13(18)14-7-12(17)16(11)10-5-6-15(8-10)9-3-4-9/h9-11H,2-8H2,1H3,(H,14,18). The summed E-state index contributed by atoms with van der Waals surface area (Å²) in [6, 6.07) is 0.744. The second-order valence-corrected chi connectivity index (χ2v) is 5.61. The van der Waals surface area contributed by atoms with Gasteiger partial charge in [0.1, 0.15) is 6.04 Å². The molecule has 2 amide bonds. The van der Waals surface area contributed by atoms with Gasteiger partial charge in [0.15, 0.2) is 0 Å². The van der Waals surface area contributed by atoms with Crippen molar-refractivity contribution in [3.8, 4) is 0 Å². The fourth-order valence-electron chi connectivity index (χ4n) is 3.28. The fourth-order valence-corrected chi connectivity index (χ4v) is 3.28. The number of carbonyl (C=O) groups excluding carboxylic acids is 2. The lowest BCUT2D eigenvalue weighted by Gasteiger charge is -2.38. The topological polar surface area (TPSA) is 52.7 Å². The molecule has 2 atom stereocenters. The maximum Gasteiger partial charge on any atom is 0.243 e. The number of carbonyl (C=O) groups is 2. The van der Waals surface area contributed by atoms with E-state index in [1.165, 1.54) is 12.8 Å². The smallest absolute Gasteiger partial charge is 0.243 e. The third kappa shape index (κ3) is 2.00. The van der Waals surface area contributed by atoms with Gasteiger partial charge in [-0.2, -0.15) is 0 Å². The normalized spacial score (nSPS) is 33.9. The molecule has 2 heterocycles. The zero-order valence-corrected chi connectivity index (χ0v) is 10.9. The van der Waals surface area contributed by atoms with Gasteiger partial charge in [-0.15, -0.1) is 0 Å². The SMILES string of the molecule is CCC1C(=O)NCC(=O)N1C1CCN(C2CC2)C1. The van der Waals surface area contributed by atoms with E-state index in [1.807, 2.05) is 11.8 Å². The Bertz CT molecular complexity index is 367. The Morgan fingerprint density at radius 2 is 2.00 bits per heavy atom. The molecule has 2 saturated heterocycles. The highest BCUT2D eigenvalue weighted by molar-refractivity contribution is 5.95. The summed E-state index contributed by atoms with van der Waals surface area (Å²) in [5.74, 6) is 0.103. The molecule has 3 fully saturated rings. The van der Waals surface area contributed by atoms with Crippen LogP contribution >= 0.6 is 0 Å². The van der Waals surface area contributed by atoms with E-state index < -0.39 is 0 Å². The van der Waals surface area contributed by atoms with Gasteiger partial charge in [-0.3, -0.25) is 14.5 Å². The van der Waals surface area contributed by atoms with Crippen LogP contribution in [-0.2, 0) is 9.59 Å². The van der Waals surface area contributed by atoms with Gasteiger partial charge in [-0.25, -0.2) is 0 Å². The van der Waals surface area contributed by atoms with E-state index in [-0.39, 0.29) is 30.4 Å². The van der Waals surface area contributed by atoms with Gasteiger partial charge in [0, 0.05) is 25.2 Å². The minimum absolute atomic E-state index is 0.0157. The van der Waals surface area contributed by atoms with Crippen molar-refractivity contribution < 1.29 is 9.59 Å². The molecule has 1 aliphatic carbocycles. The van der Waals surface area contributed by atoms with Crippen LogP contribution in [0.1, 0.15) is 32.6 Å². The third-order valence-electron chi connectivity index (χ3n) is 4.38. The van der Waals surface area contributed by atoms with Crippen molar-refractivity contribution in [2.75, 3.05) is 19.6 Å². The molecule has 0 radical (unpaired) electrons. The number of hydrogen-bond acceptors (Lipinski definition) is 3. The molecule has 3 rings (SSSR count). The first-order chi connectivity index (χ1) is 8.70. The predicted molar refractivity (Wildman–Crippen MR) is 66.9 cm³/mol. The van der Waals surface area contributed by atoms with E-state index in [0.717, 1.165) is 25.6 Å². The van der Waals surface area contributed by atoms with Crippen molar-refractivity contribution in [1.29, 1.82) is 0 Å². The largest absolute Gasteiger partial charge is 0.345 e. The van der Waals surface area contributed by atoms with E-state index in [0.29, 0.717) is 6.42 Å². The Labute approximate surface area is 107 Å². The fraction of sp³-hybridized carbons (Fsp3) is 0.846. The highest BCUT2D eigenvalue weighted by Crippen LogP contribution is 2.32. The van der Waals surface area contributed by atoms with Gasteiger partial charge >= 0.3 is 0 Å². The maximum absolute atomic E-state index is 12.1. The number of piperazine rings is 1. The van der Waals surface area contributed by atoms with Gasteiger partial charge < -0.3 is 10.2 Å². The predicted octanol–water partition coefficient (Wildman–Crippen LogP) is -0.0399. The van der Waals surface area contributed by atoms with Crippen LogP contribution in [0.5, 0.6) is 0 Å². The van der Waals surface area contributed by atoms with Gasteiger partial charge in [-0.1, -0.05) is 6.92 Å². The lowest BCUT2D eigenvalue weighted by molar-refractivity contribution is -0.148. The second kappa shape index (κ2) is 4.53. The first-order valence-electron chi connectivity index (χ1n) is 7.03. The van der Waals surface area contributed by atoms with E-state index in [4.69, 9.17) is 0 Å². The molecule has 5 heteroatoms. The van der Waals surface area contributed by atoms with Crippen LogP contribution in [0.4, 0.5) is 0 Å². The lowest BCUT2D eigenvalue weighted by atomic mass is 10.1. The number of nitrogens with zero attached hydrogens (tertiary/aromatic N) is 2. The average molecular weight is 251 g/mol. The van der Waals surface area contributed by atoms with E-state index in [9.17, 15) is 9.59 Å². The number of likely N-dealkylation sites (tertiary alicyclic amines) is 1. The molecule has 2 aliphatic heterocycles. The highest BCUT2D eigenvalue weighted by atomic mass is 16.2. The first-order valence-corrected chi connectivity index (χ1v) is 7.03. The summed E-state index contributed by atoms with van der Waals surface area (Å²) in [6.07, 6.45) is 4.33. The monoisotopic (exact) mass is 251 g/mol. The molecule has 2 unspecified atom stereocenters. The Balaban J connectivity index is 1.72. The van der Waals surface area contributed by atoms with Crippen LogP contribution in [0.15, 0.2) is 0 Å². The summed E-state index contributed by atoms with van der Waals surface area (Å²) in [5.41, 5.74) is 0. The summed E-state index contributed by atoms with van der Waals surface area (Å²) in [7, 11) is 0. The molecule has 1 saturated carbocycles. The Morgan fingerprint density at radius 3 is 2.67 bits per heavy atom. The summed E-state index contributed by atoms with van der Waals surface area (Å²) in [5, 5.41) is 2.69. The molecule has 3 aliphatic rings. The molecule has 1 N–H and O–H groups in total. The van der Waals surface area contributed by atoms with Gasteiger partial charge in [-0.05, 0) is 25.7 Å². The molecule has 0 aromatic heterocycles. The number of rotatable bonds is 3. The molecule has 0 aromatic carbocycles. The molecular weight excluding hydrogens is 230 g/mol. The quantitative estimate of drug-likeness (QED) is 0.766.